The minimum Gasteiger partial charge on any atom is -0.508 e. The lowest BCUT2D eigenvalue weighted by Gasteiger charge is -2.43. The van der Waals surface area contributed by atoms with Crippen molar-refractivity contribution < 1.29 is 29.0 Å². The van der Waals surface area contributed by atoms with Gasteiger partial charge < -0.3 is 29.7 Å². The van der Waals surface area contributed by atoms with E-state index in [1.807, 2.05) is 28.5 Å². The molecule has 4 heterocycles. The van der Waals surface area contributed by atoms with Crippen LogP contribution in [-0.2, 0) is 17.8 Å². The summed E-state index contributed by atoms with van der Waals surface area (Å²) < 4.78 is 10.9. The van der Waals surface area contributed by atoms with E-state index < -0.39 is 12.1 Å². The first-order valence-corrected chi connectivity index (χ1v) is 14.7. The SMILES string of the molecule is CCCCN1CC2N(CC(Cc3ccc(O)cc3)C1=O)C(=O)c1sccc1N2C(=O)NCc1ccc2c(c1)OCO2. The number of hydrogen-bond acceptors (Lipinski definition) is 7. The highest BCUT2D eigenvalue weighted by Gasteiger charge is 2.46. The molecule has 0 radical (unpaired) electrons. The highest BCUT2D eigenvalue weighted by molar-refractivity contribution is 7.12. The molecule has 2 N–H and O–H groups in total. The Morgan fingerprint density at radius 3 is 2.63 bits per heavy atom. The predicted molar refractivity (Wildman–Crippen MR) is 153 cm³/mol. The molecule has 0 bridgehead atoms. The number of unbranched alkanes of at least 4 members (excludes halogenated alkanes) is 1. The Morgan fingerprint density at radius 1 is 1.05 bits per heavy atom. The van der Waals surface area contributed by atoms with Crippen molar-refractivity contribution in [3.05, 3.63) is 69.9 Å². The fourth-order valence-corrected chi connectivity index (χ4v) is 6.48. The first-order valence-electron chi connectivity index (χ1n) is 13.8. The van der Waals surface area contributed by atoms with Crippen molar-refractivity contribution in [1.29, 1.82) is 0 Å². The van der Waals surface area contributed by atoms with Gasteiger partial charge in [-0.3, -0.25) is 14.5 Å². The number of ether oxygens (including phenoxy) is 2. The minimum atomic E-state index is -0.646. The zero-order chi connectivity index (χ0) is 28.5. The summed E-state index contributed by atoms with van der Waals surface area (Å²) in [5, 5.41) is 14.6. The first-order chi connectivity index (χ1) is 19.9. The summed E-state index contributed by atoms with van der Waals surface area (Å²) in [5.41, 5.74) is 2.31. The molecule has 3 aromatic rings. The van der Waals surface area contributed by atoms with E-state index in [9.17, 15) is 19.5 Å². The molecule has 2 aromatic carbocycles. The zero-order valence-electron chi connectivity index (χ0n) is 22.7. The van der Waals surface area contributed by atoms with Crippen molar-refractivity contribution in [3.63, 3.8) is 0 Å². The van der Waals surface area contributed by atoms with Crippen molar-refractivity contribution in [2.45, 2.75) is 38.9 Å². The largest absolute Gasteiger partial charge is 0.508 e. The third-order valence-electron chi connectivity index (χ3n) is 7.78. The van der Waals surface area contributed by atoms with Crippen LogP contribution in [0, 0.1) is 5.92 Å². The molecule has 4 amide bonds. The van der Waals surface area contributed by atoms with Crippen LogP contribution in [0.25, 0.3) is 0 Å². The number of phenolic OH excluding ortho intramolecular Hbond substituents is 1. The maximum absolute atomic E-state index is 13.9. The average Bonchev–Trinajstić information content (AvgIpc) is 3.63. The monoisotopic (exact) mass is 576 g/mol. The number of fused-ring (bicyclic) bond motifs is 3. The van der Waals surface area contributed by atoms with Gasteiger partial charge in [0.1, 0.15) is 16.8 Å². The maximum Gasteiger partial charge on any atom is 0.323 e. The normalized spacial score (nSPS) is 19.6. The molecule has 0 spiro atoms. The lowest BCUT2D eigenvalue weighted by Crippen LogP contribution is -2.61. The Morgan fingerprint density at radius 2 is 1.83 bits per heavy atom. The van der Waals surface area contributed by atoms with Gasteiger partial charge in [0.25, 0.3) is 5.91 Å². The number of amides is 4. The zero-order valence-corrected chi connectivity index (χ0v) is 23.6. The third kappa shape index (κ3) is 5.29. The summed E-state index contributed by atoms with van der Waals surface area (Å²) in [5.74, 6) is 0.791. The molecule has 2 atom stereocenters. The Bertz CT molecular complexity index is 1460. The fraction of sp³-hybridized carbons (Fsp3) is 0.367. The van der Waals surface area contributed by atoms with Crippen LogP contribution < -0.4 is 19.7 Å². The molecule has 2 unspecified atom stereocenters. The number of benzene rings is 2. The van der Waals surface area contributed by atoms with E-state index in [-0.39, 0.29) is 50.0 Å². The number of carbonyl (C=O) groups excluding carboxylic acids is 3. The molecule has 11 heteroatoms. The summed E-state index contributed by atoms with van der Waals surface area (Å²) in [6.07, 6.45) is 1.50. The van der Waals surface area contributed by atoms with Gasteiger partial charge in [-0.25, -0.2) is 4.79 Å². The van der Waals surface area contributed by atoms with E-state index in [4.69, 9.17) is 9.47 Å². The average molecular weight is 577 g/mol. The smallest absolute Gasteiger partial charge is 0.323 e. The van der Waals surface area contributed by atoms with E-state index in [0.29, 0.717) is 35.0 Å². The molecule has 3 aliphatic rings. The van der Waals surface area contributed by atoms with Gasteiger partial charge in [-0.1, -0.05) is 31.5 Å². The minimum absolute atomic E-state index is 0.0298. The van der Waals surface area contributed by atoms with Gasteiger partial charge in [0.05, 0.1) is 18.2 Å². The molecule has 41 heavy (non-hydrogen) atoms. The Kier molecular flexibility index (Phi) is 7.44. The highest BCUT2D eigenvalue weighted by Crippen LogP contribution is 2.38. The molecule has 0 aliphatic carbocycles. The first kappa shape index (κ1) is 26.9. The third-order valence-corrected chi connectivity index (χ3v) is 8.67. The van der Waals surface area contributed by atoms with Gasteiger partial charge in [0.2, 0.25) is 12.7 Å². The molecule has 1 saturated heterocycles. The number of anilines is 1. The number of rotatable bonds is 7. The Balaban J connectivity index is 1.29. The number of urea groups is 1. The number of hydrogen-bond donors (Lipinski definition) is 2. The van der Waals surface area contributed by atoms with Gasteiger partial charge in [-0.05, 0) is 59.7 Å². The molecule has 1 fully saturated rings. The molecule has 0 saturated carbocycles. The van der Waals surface area contributed by atoms with E-state index >= 15 is 0 Å². The van der Waals surface area contributed by atoms with Gasteiger partial charge >= 0.3 is 6.03 Å². The Hall–Kier alpha value is -4.25. The van der Waals surface area contributed by atoms with Crippen LogP contribution in [-0.4, -0.2) is 65.3 Å². The fourth-order valence-electron chi connectivity index (χ4n) is 5.64. The van der Waals surface area contributed by atoms with Crippen molar-refractivity contribution in [3.8, 4) is 17.2 Å². The van der Waals surface area contributed by atoms with Gasteiger partial charge in [-0.2, -0.15) is 0 Å². The highest BCUT2D eigenvalue weighted by atomic mass is 32.1. The summed E-state index contributed by atoms with van der Waals surface area (Å²) in [6.45, 7) is 3.46. The standard InChI is InChI=1S/C30H32N4O6S/c1-2-3-11-32-17-26-33(16-21(28(32)36)13-19-4-7-22(35)8-5-19)29(37)27-23(10-12-41-27)34(26)30(38)31-15-20-6-9-24-25(14-20)40-18-39-24/h4-10,12,14,21,26,35H,2-3,11,13,15-18H2,1H3,(H,31,38). The van der Waals surface area contributed by atoms with Crippen molar-refractivity contribution in [1.82, 2.24) is 15.1 Å². The summed E-state index contributed by atoms with van der Waals surface area (Å²) in [6, 6.07) is 13.8. The van der Waals surface area contributed by atoms with Crippen LogP contribution in [0.5, 0.6) is 17.2 Å². The molecule has 10 nitrogen and oxygen atoms in total. The number of aromatic hydroxyl groups is 1. The predicted octanol–water partition coefficient (Wildman–Crippen LogP) is 4.18. The number of carbonyl (C=O) groups is 3. The number of nitrogens with zero attached hydrogens (tertiary/aromatic N) is 3. The Labute approximate surface area is 242 Å². The molecular weight excluding hydrogens is 544 g/mol. The lowest BCUT2D eigenvalue weighted by atomic mass is 9.97. The topological polar surface area (TPSA) is 112 Å². The second-order valence-electron chi connectivity index (χ2n) is 10.5. The van der Waals surface area contributed by atoms with Crippen molar-refractivity contribution in [2.24, 2.45) is 5.92 Å². The van der Waals surface area contributed by atoms with E-state index in [1.165, 1.54) is 11.3 Å². The van der Waals surface area contributed by atoms with Crippen LogP contribution >= 0.6 is 11.3 Å². The van der Waals surface area contributed by atoms with Gasteiger partial charge in [0.15, 0.2) is 11.5 Å². The second-order valence-corrected chi connectivity index (χ2v) is 11.4. The van der Waals surface area contributed by atoms with E-state index in [1.54, 1.807) is 40.1 Å². The van der Waals surface area contributed by atoms with E-state index in [0.717, 1.165) is 24.0 Å². The quantitative estimate of drug-likeness (QED) is 0.437. The lowest BCUT2D eigenvalue weighted by molar-refractivity contribution is -0.134. The summed E-state index contributed by atoms with van der Waals surface area (Å²) in [4.78, 5) is 47.1. The van der Waals surface area contributed by atoms with Crippen LogP contribution in [0.3, 0.4) is 0 Å². The molecular formula is C30H32N4O6S. The van der Waals surface area contributed by atoms with Crippen LogP contribution in [0.15, 0.2) is 53.9 Å². The summed E-state index contributed by atoms with van der Waals surface area (Å²) in [7, 11) is 0. The molecule has 1 aromatic heterocycles. The maximum atomic E-state index is 13.9. The second kappa shape index (κ2) is 11.3. The van der Waals surface area contributed by atoms with Crippen molar-refractivity contribution >= 4 is 34.9 Å². The van der Waals surface area contributed by atoms with E-state index in [2.05, 4.69) is 12.2 Å². The van der Waals surface area contributed by atoms with Crippen LogP contribution in [0.2, 0.25) is 0 Å². The molecule has 6 rings (SSSR count). The number of thiophene rings is 1. The van der Waals surface area contributed by atoms with Crippen LogP contribution in [0.1, 0.15) is 40.6 Å². The number of nitrogens with one attached hydrogen (secondary N) is 1. The van der Waals surface area contributed by atoms with Gasteiger partial charge in [-0.15, -0.1) is 11.3 Å². The molecule has 214 valence electrons. The van der Waals surface area contributed by atoms with Gasteiger partial charge in [0, 0.05) is 19.6 Å². The van der Waals surface area contributed by atoms with Crippen molar-refractivity contribution in [2.75, 3.05) is 31.3 Å². The number of phenols is 1. The summed E-state index contributed by atoms with van der Waals surface area (Å²) >= 11 is 1.30. The molecule has 3 aliphatic heterocycles. The van der Waals surface area contributed by atoms with Crippen LogP contribution in [0.4, 0.5) is 10.5 Å².